The van der Waals surface area contributed by atoms with Gasteiger partial charge >= 0.3 is 37.0 Å². The first-order valence-corrected chi connectivity index (χ1v) is 36.9. The van der Waals surface area contributed by atoms with Crippen molar-refractivity contribution in [3.63, 3.8) is 0 Å². The number of hydrogen-bond donors (Lipinski definition) is 18. The lowest BCUT2D eigenvalue weighted by Gasteiger charge is -2.27. The second-order valence-electron chi connectivity index (χ2n) is 24.0. The molecule has 58 heteroatoms. The number of aromatic amines is 3. The molecule has 4 unspecified atom stereocenters. The number of ether oxygens (including phenoxy) is 5. The van der Waals surface area contributed by atoms with Gasteiger partial charge in [-0.25, -0.2) is 62.9 Å². The fraction of sp³-hybridized carbons (Fsp3) is 0.510. The first-order valence-electron chi connectivity index (χ1n) is 30.9. The van der Waals surface area contributed by atoms with Gasteiger partial charge in [-0.05, 0) is 0 Å². The van der Waals surface area contributed by atoms with E-state index in [0.29, 0.717) is 4.57 Å². The second kappa shape index (κ2) is 28.9. The van der Waals surface area contributed by atoms with Crippen LogP contribution < -0.4 is 45.3 Å². The number of nitrogens with one attached hydrogen (secondary N) is 3. The van der Waals surface area contributed by atoms with Gasteiger partial charge in [0.05, 0.1) is 58.3 Å². The van der Waals surface area contributed by atoms with Gasteiger partial charge in [-0.1, -0.05) is 0 Å². The van der Waals surface area contributed by atoms with Crippen molar-refractivity contribution in [3.05, 3.63) is 91.8 Å². The van der Waals surface area contributed by atoms with E-state index >= 15 is 0 Å². The van der Waals surface area contributed by atoms with Crippen molar-refractivity contribution >= 4 is 99.5 Å². The van der Waals surface area contributed by atoms with Crippen molar-refractivity contribution in [1.29, 1.82) is 0 Å². The molecular weight excluding hydrogens is 1530 g/mol. The molecule has 0 amide bonds. The molecule has 9 aromatic rings. The minimum atomic E-state index is -5.92. The van der Waals surface area contributed by atoms with Gasteiger partial charge in [0.1, 0.15) is 115 Å². The molecule has 14 rings (SSSR count). The Hall–Kier alpha value is -8.36. The minimum absolute atomic E-state index is 0.0314. The second-order valence-corrected chi connectivity index (χ2v) is 29.6. The SMILES string of the molecule is Nc1nc2c(ncn2[C@@H]2O[C@H](COP(=O)(O)O[C@H]3[C@@H](O)[C@H](n4cnc5c(N)ncnc54)O[C@@H]3CO)[C@@H](OP(=O)(O)OC[C@H]3O[C@@H](n4cnc5c(=O)[nH]c(N)nc54)[C@H](O)[C@@H]3OP(=O)(O)OC[C@H]3O[C@@H](n4ccc(=O)[nH]c4=O)[C@H](O)[C@@H]3OP(=O)(O)OC[C@H]3O[C@@H](n4cnc5c(N)ncnc54)[C@H](O)[C@@H]3O)[C@H]2O)c(=O)[nH]1. The van der Waals surface area contributed by atoms with Crippen LogP contribution in [0.5, 0.6) is 0 Å². The van der Waals surface area contributed by atoms with Crippen LogP contribution in [0.4, 0.5) is 23.5 Å². The maximum atomic E-state index is 14.4. The molecule has 0 radical (unpaired) electrons. The van der Waals surface area contributed by atoms with Crippen LogP contribution in [-0.4, -0.2) is 268 Å². The molecule has 9 aromatic heterocycles. The largest absolute Gasteiger partial charge is 0.472 e. The fourth-order valence-electron chi connectivity index (χ4n) is 12.4. The number of nitrogens with zero attached hydrogens (tertiary/aromatic N) is 15. The number of phosphoric acid groups is 4. The lowest BCUT2D eigenvalue weighted by atomic mass is 10.1. The van der Waals surface area contributed by atoms with E-state index in [2.05, 4.69) is 59.8 Å². The Bertz CT molecular complexity index is 5310. The highest BCUT2D eigenvalue weighted by atomic mass is 31.2. The van der Waals surface area contributed by atoms with E-state index in [9.17, 15) is 92.8 Å². The number of H-pyrrole nitrogens is 3. The van der Waals surface area contributed by atoms with Gasteiger partial charge in [-0.15, -0.1) is 0 Å². The van der Waals surface area contributed by atoms with Gasteiger partial charge in [0, 0.05) is 12.3 Å². The molecule has 0 bridgehead atoms. The molecule has 5 aliphatic rings. The molecule has 0 saturated carbocycles. The molecule has 0 aromatic carbocycles. The van der Waals surface area contributed by atoms with Crippen molar-refractivity contribution in [3.8, 4) is 0 Å². The Labute approximate surface area is 589 Å². The molecule has 107 heavy (non-hydrogen) atoms. The summed E-state index contributed by atoms with van der Waals surface area (Å²) in [7, 11) is -23.0. The zero-order valence-electron chi connectivity index (χ0n) is 53.5. The molecule has 0 spiro atoms. The number of aliphatic hydroxyl groups is 7. The number of anilines is 4. The predicted molar refractivity (Wildman–Crippen MR) is 341 cm³/mol. The number of nitrogens with two attached hydrogens (primary N) is 4. The fourth-order valence-corrected chi connectivity index (χ4v) is 16.2. The number of rotatable bonds is 26. The Kier molecular flexibility index (Phi) is 20.4. The molecule has 54 nitrogen and oxygen atoms in total. The molecule has 5 aliphatic heterocycles. The topological polar surface area (TPSA) is 784 Å². The molecule has 24 atom stereocenters. The van der Waals surface area contributed by atoms with Crippen LogP contribution in [0.3, 0.4) is 0 Å². The summed E-state index contributed by atoms with van der Waals surface area (Å²) in [4.78, 5) is 142. The third kappa shape index (κ3) is 14.7. The molecule has 0 aliphatic carbocycles. The number of imidazole rings is 4. The molecule has 578 valence electrons. The van der Waals surface area contributed by atoms with Crippen LogP contribution in [0.2, 0.25) is 0 Å². The van der Waals surface area contributed by atoms with Crippen LogP contribution in [-0.2, 0) is 78.1 Å². The highest BCUT2D eigenvalue weighted by molar-refractivity contribution is 7.48. The maximum absolute atomic E-state index is 14.4. The third-order valence-corrected chi connectivity index (χ3v) is 21.2. The highest BCUT2D eigenvalue weighted by Crippen LogP contribution is 2.56. The number of hydrogen-bond acceptors (Lipinski definition) is 42. The number of nitrogen functional groups attached to an aromatic ring is 4. The van der Waals surface area contributed by atoms with Gasteiger partial charge in [-0.3, -0.25) is 88.4 Å². The smallest absolute Gasteiger partial charge is 0.394 e. The van der Waals surface area contributed by atoms with Gasteiger partial charge in [-0.2, -0.15) is 9.97 Å². The van der Waals surface area contributed by atoms with E-state index in [4.69, 9.17) is 82.8 Å². The first-order chi connectivity index (χ1) is 50.7. The van der Waals surface area contributed by atoms with E-state index < -0.39 is 232 Å². The van der Waals surface area contributed by atoms with Crippen LogP contribution >= 0.6 is 31.3 Å². The number of aromatic nitrogens is 18. The first kappa shape index (κ1) is 75.5. The molecule has 14 heterocycles. The van der Waals surface area contributed by atoms with Crippen LogP contribution in [0.1, 0.15) is 31.1 Å². The van der Waals surface area contributed by atoms with Gasteiger partial charge < -0.3 is 102 Å². The summed E-state index contributed by atoms with van der Waals surface area (Å²) in [6.07, 6.45) is -32.3. The average molecular weight is 1590 g/mol. The van der Waals surface area contributed by atoms with E-state index in [0.717, 1.165) is 59.4 Å². The Morgan fingerprint density at radius 2 is 0.738 bits per heavy atom. The summed E-state index contributed by atoms with van der Waals surface area (Å²) in [6, 6.07) is 0.801. The number of aliphatic hydroxyl groups excluding tert-OH is 7. The molecule has 5 saturated heterocycles. The van der Waals surface area contributed by atoms with Gasteiger partial charge in [0.25, 0.3) is 16.7 Å². The highest BCUT2D eigenvalue weighted by Gasteiger charge is 2.57. The standard InChI is InChI=1S/C49H60N22O32P4/c50-34-20-36(56-8-54-34)68(10-58-20)42-25(75)24(74)15(96-42)4-91-104(83,84)101-31-16(97-43(27(31)77)67-2-1-19(73)62-49(67)82)5-93-106(87,88)102-33-18(99-46(29(33)79)71-13-61-23-39(71)64-48(53)66-41(23)81)7-94-107(89,90)103-32-17(98-45(28(32)78)70-12-60-22-38(70)63-47(52)65-40(22)80)6-92-105(85,86)100-30-14(3-72)95-44(26(30)76)69-11-59-21-35(51)55-9-57-37(21)69/h1-2,8-18,24-33,42-46,72,74-79H,3-7H2,(H,83,84)(H,85,86)(H,87,88)(H,89,90)(H2,50,54,56)(H2,51,55,57)(H,62,73,82)(H3,52,63,65,80)(H3,53,64,66,81)/t14-,15-,16-,17-,18-,24-,25-,26-,27-,28-,29-,30-,31-,32-,33-,42-,43-,44-,45-,46-/m1/s1. The van der Waals surface area contributed by atoms with Crippen molar-refractivity contribution in [2.24, 2.45) is 0 Å². The van der Waals surface area contributed by atoms with E-state index in [1.807, 2.05) is 4.98 Å². The zero-order valence-corrected chi connectivity index (χ0v) is 57.1. The average Bonchev–Trinajstić information content (AvgIpc) is 1.64. The summed E-state index contributed by atoms with van der Waals surface area (Å²) in [6.45, 7) is -6.02. The summed E-state index contributed by atoms with van der Waals surface area (Å²) in [5.41, 5.74) is 18.1. The zero-order chi connectivity index (χ0) is 76.2. The van der Waals surface area contributed by atoms with E-state index in [-0.39, 0.29) is 45.1 Å². The molecule has 22 N–H and O–H groups in total. The third-order valence-electron chi connectivity index (χ3n) is 17.3. The van der Waals surface area contributed by atoms with Crippen LogP contribution in [0.15, 0.2) is 69.4 Å². The van der Waals surface area contributed by atoms with Gasteiger partial charge in [0.15, 0.2) is 76.4 Å². The van der Waals surface area contributed by atoms with Crippen molar-refractivity contribution in [2.75, 3.05) is 56.0 Å². The van der Waals surface area contributed by atoms with Crippen LogP contribution in [0, 0.1) is 0 Å². The predicted octanol–water partition coefficient (Wildman–Crippen LogP) is -7.53. The molecule has 5 fully saturated rings. The normalized spacial score (nSPS) is 32.0. The van der Waals surface area contributed by atoms with E-state index in [1.165, 1.54) is 9.13 Å². The maximum Gasteiger partial charge on any atom is 0.472 e. The van der Waals surface area contributed by atoms with Crippen molar-refractivity contribution < 1.29 is 133 Å². The van der Waals surface area contributed by atoms with Gasteiger partial charge in [0.2, 0.25) is 11.9 Å². The monoisotopic (exact) mass is 1590 g/mol. The van der Waals surface area contributed by atoms with E-state index in [1.54, 1.807) is 0 Å². The Balaban J connectivity index is 0.696. The van der Waals surface area contributed by atoms with Crippen molar-refractivity contribution in [2.45, 2.75) is 123 Å². The summed E-state index contributed by atoms with van der Waals surface area (Å²) < 4.78 is 133. The minimum Gasteiger partial charge on any atom is -0.394 e. The quantitative estimate of drug-likeness (QED) is 0.0224. The van der Waals surface area contributed by atoms with Crippen LogP contribution in [0.25, 0.3) is 44.7 Å². The summed E-state index contributed by atoms with van der Waals surface area (Å²) in [5, 5.41) is 79.3. The number of phosphoric ester groups is 4. The lowest BCUT2D eigenvalue weighted by Crippen LogP contribution is -2.39. The lowest BCUT2D eigenvalue weighted by molar-refractivity contribution is -0.0651. The van der Waals surface area contributed by atoms with Crippen molar-refractivity contribution in [1.82, 2.24) is 87.6 Å². The Morgan fingerprint density at radius 1 is 0.411 bits per heavy atom. The summed E-state index contributed by atoms with van der Waals surface area (Å²) in [5.74, 6) is -1.09. The number of fused-ring (bicyclic) bond motifs is 4. The molecular formula is C49H60N22O32P4. The summed E-state index contributed by atoms with van der Waals surface area (Å²) >= 11 is 0. The Morgan fingerprint density at radius 3 is 1.12 bits per heavy atom.